The Morgan fingerprint density at radius 3 is 2.77 bits per heavy atom. The van der Waals surface area contributed by atoms with Crippen molar-refractivity contribution in [2.75, 3.05) is 20.1 Å². The Balaban J connectivity index is 0.00000243. The van der Waals surface area contributed by atoms with Gasteiger partial charge in [-0.05, 0) is 26.2 Å². The van der Waals surface area contributed by atoms with E-state index in [1.54, 1.807) is 7.05 Å². The van der Waals surface area contributed by atoms with Gasteiger partial charge in [0, 0.05) is 38.2 Å². The summed E-state index contributed by atoms with van der Waals surface area (Å²) in [5, 5.41) is 10.5. The molecule has 1 atom stereocenters. The number of likely N-dealkylation sites (tertiary alicyclic amines) is 1. The summed E-state index contributed by atoms with van der Waals surface area (Å²) < 4.78 is 5.20. The molecule has 0 aromatic carbocycles. The van der Waals surface area contributed by atoms with Gasteiger partial charge >= 0.3 is 0 Å². The molecule has 3 rings (SSSR count). The molecule has 2 fully saturated rings. The second-order valence-electron chi connectivity index (χ2n) is 7.11. The maximum atomic E-state index is 12.6. The van der Waals surface area contributed by atoms with E-state index in [1.165, 1.54) is 19.3 Å². The van der Waals surface area contributed by atoms with Crippen LogP contribution >= 0.6 is 24.0 Å². The number of carbonyl (C=O) groups is 1. The lowest BCUT2D eigenvalue weighted by Gasteiger charge is -2.26. The SMILES string of the molecule is CN=C(NCc1cc(C)no1)NC1CCN(C(=O)C2CCCCC2)C1.I. The van der Waals surface area contributed by atoms with Crippen molar-refractivity contribution in [3.8, 4) is 0 Å². The summed E-state index contributed by atoms with van der Waals surface area (Å²) in [5.41, 5.74) is 0.868. The van der Waals surface area contributed by atoms with Crippen molar-refractivity contribution >= 4 is 35.8 Å². The van der Waals surface area contributed by atoms with Crippen molar-refractivity contribution in [2.45, 2.75) is 58.0 Å². The molecule has 26 heavy (non-hydrogen) atoms. The zero-order valence-corrected chi connectivity index (χ0v) is 18.0. The molecule has 2 N–H and O–H groups in total. The van der Waals surface area contributed by atoms with Crippen molar-refractivity contribution in [3.63, 3.8) is 0 Å². The standard InChI is InChI=1S/C18H29N5O2.HI/c1-13-10-16(25-22-13)11-20-18(19-2)21-15-8-9-23(12-15)17(24)14-6-4-3-5-7-14;/h10,14-15H,3-9,11-12H2,1-2H3,(H2,19,20,21);1H. The predicted octanol–water partition coefficient (Wildman–Crippen LogP) is 2.45. The van der Waals surface area contributed by atoms with E-state index in [4.69, 9.17) is 4.52 Å². The molecule has 0 spiro atoms. The highest BCUT2D eigenvalue weighted by Crippen LogP contribution is 2.26. The molecular formula is C18H30IN5O2. The van der Waals surface area contributed by atoms with Crippen molar-refractivity contribution in [1.29, 1.82) is 0 Å². The summed E-state index contributed by atoms with van der Waals surface area (Å²) in [4.78, 5) is 18.9. The van der Waals surface area contributed by atoms with Crippen LogP contribution in [0.3, 0.4) is 0 Å². The number of hydrogen-bond donors (Lipinski definition) is 2. The first-order valence-corrected chi connectivity index (χ1v) is 9.34. The van der Waals surface area contributed by atoms with Crippen LogP contribution in [0.1, 0.15) is 50.0 Å². The number of halogens is 1. The molecule has 7 nitrogen and oxygen atoms in total. The van der Waals surface area contributed by atoms with Crippen LogP contribution in [0.25, 0.3) is 0 Å². The molecule has 1 aromatic rings. The van der Waals surface area contributed by atoms with Gasteiger partial charge in [-0.2, -0.15) is 0 Å². The largest absolute Gasteiger partial charge is 0.359 e. The Bertz CT molecular complexity index is 612. The van der Waals surface area contributed by atoms with Gasteiger partial charge in [0.1, 0.15) is 0 Å². The minimum atomic E-state index is 0. The summed E-state index contributed by atoms with van der Waals surface area (Å²) in [7, 11) is 1.75. The van der Waals surface area contributed by atoms with Gasteiger partial charge in [-0.25, -0.2) is 0 Å². The van der Waals surface area contributed by atoms with Crippen LogP contribution in [0.2, 0.25) is 0 Å². The summed E-state index contributed by atoms with van der Waals surface area (Å²) in [6.45, 7) is 4.04. The molecule has 1 unspecified atom stereocenters. The molecule has 146 valence electrons. The van der Waals surface area contributed by atoms with Gasteiger partial charge in [-0.1, -0.05) is 24.4 Å². The molecule has 2 aliphatic rings. The number of aryl methyl sites for hydroxylation is 1. The van der Waals surface area contributed by atoms with Gasteiger partial charge in [-0.15, -0.1) is 24.0 Å². The fourth-order valence-corrected chi connectivity index (χ4v) is 3.74. The number of aliphatic imine (C=N–C) groups is 1. The maximum absolute atomic E-state index is 12.6. The topological polar surface area (TPSA) is 82.8 Å². The van der Waals surface area contributed by atoms with Crippen LogP contribution < -0.4 is 10.6 Å². The van der Waals surface area contributed by atoms with E-state index in [1.807, 2.05) is 17.9 Å². The van der Waals surface area contributed by atoms with Gasteiger partial charge in [-0.3, -0.25) is 9.79 Å². The highest BCUT2D eigenvalue weighted by molar-refractivity contribution is 14.0. The normalized spacial score (nSPS) is 21.4. The van der Waals surface area contributed by atoms with Crippen molar-refractivity contribution in [1.82, 2.24) is 20.7 Å². The molecule has 1 aromatic heterocycles. The first kappa shape index (κ1) is 21.0. The van der Waals surface area contributed by atoms with Gasteiger partial charge in [0.25, 0.3) is 0 Å². The van der Waals surface area contributed by atoms with E-state index < -0.39 is 0 Å². The van der Waals surface area contributed by atoms with Crippen LogP contribution in [0.4, 0.5) is 0 Å². The van der Waals surface area contributed by atoms with E-state index >= 15 is 0 Å². The molecule has 1 saturated carbocycles. The smallest absolute Gasteiger partial charge is 0.225 e. The number of guanidine groups is 1. The van der Waals surface area contributed by atoms with Gasteiger partial charge in [0.05, 0.1) is 12.2 Å². The molecule has 1 aliphatic heterocycles. The molecule has 2 heterocycles. The second-order valence-corrected chi connectivity index (χ2v) is 7.11. The fourth-order valence-electron chi connectivity index (χ4n) is 3.74. The Kier molecular flexibility index (Phi) is 8.17. The van der Waals surface area contributed by atoms with E-state index in [9.17, 15) is 4.79 Å². The number of rotatable bonds is 4. The summed E-state index contributed by atoms with van der Waals surface area (Å²) >= 11 is 0. The minimum Gasteiger partial charge on any atom is -0.359 e. The Hall–Kier alpha value is -1.32. The monoisotopic (exact) mass is 475 g/mol. The van der Waals surface area contributed by atoms with E-state index in [0.29, 0.717) is 12.5 Å². The first-order valence-electron chi connectivity index (χ1n) is 9.34. The maximum Gasteiger partial charge on any atom is 0.225 e. The highest BCUT2D eigenvalue weighted by atomic mass is 127. The number of aromatic nitrogens is 1. The molecule has 0 radical (unpaired) electrons. The average Bonchev–Trinajstić information content (AvgIpc) is 3.27. The predicted molar refractivity (Wildman–Crippen MR) is 112 cm³/mol. The van der Waals surface area contributed by atoms with Crippen LogP contribution in [-0.4, -0.2) is 48.1 Å². The lowest BCUT2D eigenvalue weighted by atomic mass is 9.88. The first-order chi connectivity index (χ1) is 12.2. The van der Waals surface area contributed by atoms with Gasteiger partial charge in [0.15, 0.2) is 11.7 Å². The van der Waals surface area contributed by atoms with Gasteiger partial charge in [0.2, 0.25) is 5.91 Å². The molecule has 8 heteroatoms. The van der Waals surface area contributed by atoms with Crippen molar-refractivity contribution in [3.05, 3.63) is 17.5 Å². The summed E-state index contributed by atoms with van der Waals surface area (Å²) in [6, 6.07) is 2.15. The van der Waals surface area contributed by atoms with Crippen molar-refractivity contribution in [2.24, 2.45) is 10.9 Å². The molecule has 1 amide bonds. The number of nitrogens with one attached hydrogen (secondary N) is 2. The quantitative estimate of drug-likeness (QED) is 0.397. The van der Waals surface area contributed by atoms with Crippen LogP contribution in [-0.2, 0) is 11.3 Å². The highest BCUT2D eigenvalue weighted by Gasteiger charge is 2.31. The molecule has 1 aliphatic carbocycles. The van der Waals surface area contributed by atoms with E-state index in [0.717, 1.165) is 49.8 Å². The zero-order chi connectivity index (χ0) is 17.6. The Labute approximate surface area is 172 Å². The third kappa shape index (κ3) is 5.59. The van der Waals surface area contributed by atoms with E-state index in [-0.39, 0.29) is 35.9 Å². The van der Waals surface area contributed by atoms with E-state index in [2.05, 4.69) is 20.8 Å². The average molecular weight is 475 g/mol. The Morgan fingerprint density at radius 2 is 2.12 bits per heavy atom. The number of amides is 1. The van der Waals surface area contributed by atoms with Crippen LogP contribution in [0.15, 0.2) is 15.6 Å². The summed E-state index contributed by atoms with van der Waals surface area (Å²) in [5.74, 6) is 2.11. The van der Waals surface area contributed by atoms with Crippen LogP contribution in [0.5, 0.6) is 0 Å². The lowest BCUT2D eigenvalue weighted by molar-refractivity contribution is -0.135. The fraction of sp³-hybridized carbons (Fsp3) is 0.722. The molecular weight excluding hydrogens is 445 g/mol. The van der Waals surface area contributed by atoms with Crippen LogP contribution in [0, 0.1) is 12.8 Å². The number of hydrogen-bond acceptors (Lipinski definition) is 4. The lowest BCUT2D eigenvalue weighted by Crippen LogP contribution is -2.45. The molecule has 1 saturated heterocycles. The van der Waals surface area contributed by atoms with Gasteiger partial charge < -0.3 is 20.1 Å². The third-order valence-electron chi connectivity index (χ3n) is 5.13. The number of nitrogens with zero attached hydrogens (tertiary/aromatic N) is 3. The minimum absolute atomic E-state index is 0. The third-order valence-corrected chi connectivity index (χ3v) is 5.13. The Morgan fingerprint density at radius 1 is 1.35 bits per heavy atom. The molecule has 0 bridgehead atoms. The zero-order valence-electron chi connectivity index (χ0n) is 15.7. The second kappa shape index (κ2) is 10.1. The van der Waals surface area contributed by atoms with Crippen molar-refractivity contribution < 1.29 is 9.32 Å². The summed E-state index contributed by atoms with van der Waals surface area (Å²) in [6.07, 6.45) is 6.76. The number of carbonyl (C=O) groups excluding carboxylic acids is 1.